The number of hydrogen-bond acceptors (Lipinski definition) is 5. The molecule has 0 spiro atoms. The monoisotopic (exact) mass is 516 g/mol. The maximum absolute atomic E-state index is 12.5. The second kappa shape index (κ2) is 12.7. The lowest BCUT2D eigenvalue weighted by atomic mass is 9.95. The summed E-state index contributed by atoms with van der Waals surface area (Å²) < 4.78 is 0. The summed E-state index contributed by atoms with van der Waals surface area (Å²) in [5, 5.41) is 17.2. The number of thioether (sulfide) groups is 1. The Morgan fingerprint density at radius 1 is 1.21 bits per heavy atom. The van der Waals surface area contributed by atoms with Gasteiger partial charge < -0.3 is 26.0 Å². The van der Waals surface area contributed by atoms with E-state index >= 15 is 0 Å². The predicted octanol–water partition coefficient (Wildman–Crippen LogP) is 2.47. The molecule has 1 aromatic rings. The topological polar surface area (TPSA) is 128 Å². The summed E-state index contributed by atoms with van der Waals surface area (Å²) >= 11 is 14.0. The molecule has 1 unspecified atom stereocenters. The fourth-order valence-electron chi connectivity index (χ4n) is 3.23. The lowest BCUT2D eigenvalue weighted by molar-refractivity contribution is -0.142. The van der Waals surface area contributed by atoms with Crippen molar-refractivity contribution in [2.24, 2.45) is 5.92 Å². The third-order valence-electron chi connectivity index (χ3n) is 5.19. The molecule has 4 amide bonds. The van der Waals surface area contributed by atoms with E-state index in [-0.39, 0.29) is 12.5 Å². The van der Waals surface area contributed by atoms with Crippen LogP contribution in [0.1, 0.15) is 18.4 Å². The highest BCUT2D eigenvalue weighted by Crippen LogP contribution is 2.35. The highest BCUT2D eigenvalue weighted by Gasteiger charge is 2.29. The molecule has 0 saturated carbocycles. The zero-order valence-corrected chi connectivity index (χ0v) is 20.5. The van der Waals surface area contributed by atoms with Crippen LogP contribution in [0.3, 0.4) is 0 Å². The van der Waals surface area contributed by atoms with Crippen LogP contribution in [-0.2, 0) is 14.4 Å². The van der Waals surface area contributed by atoms with Gasteiger partial charge in [-0.3, -0.25) is 9.59 Å². The van der Waals surface area contributed by atoms with Crippen molar-refractivity contribution in [2.75, 3.05) is 32.9 Å². The van der Waals surface area contributed by atoms with Gasteiger partial charge in [0.25, 0.3) is 0 Å². The number of amides is 4. The van der Waals surface area contributed by atoms with E-state index in [1.165, 1.54) is 24.9 Å². The lowest BCUT2D eigenvalue weighted by Crippen LogP contribution is -2.52. The molecule has 12 heteroatoms. The van der Waals surface area contributed by atoms with Gasteiger partial charge in [-0.15, -0.1) is 11.8 Å². The number of benzene rings is 1. The molecule has 1 saturated heterocycles. The predicted molar refractivity (Wildman–Crippen MR) is 129 cm³/mol. The van der Waals surface area contributed by atoms with E-state index in [1.807, 2.05) is 12.3 Å². The fourth-order valence-corrected chi connectivity index (χ4v) is 4.41. The van der Waals surface area contributed by atoms with Crippen LogP contribution in [-0.4, -0.2) is 72.8 Å². The summed E-state index contributed by atoms with van der Waals surface area (Å²) in [6.07, 6.45) is 5.72. The molecule has 4 N–H and O–H groups in total. The number of aliphatic carboxylic acids is 1. The number of likely N-dealkylation sites (tertiary alicyclic amines) is 1. The number of carbonyl (C=O) groups excluding carboxylic acids is 3. The second-order valence-corrected chi connectivity index (χ2v) is 8.88. The van der Waals surface area contributed by atoms with Crippen molar-refractivity contribution < 1.29 is 24.3 Å². The number of nitrogens with one attached hydrogen (secondary N) is 3. The summed E-state index contributed by atoms with van der Waals surface area (Å²) in [4.78, 5) is 50.1. The Kier molecular flexibility index (Phi) is 10.3. The van der Waals surface area contributed by atoms with E-state index in [4.69, 9.17) is 23.2 Å². The largest absolute Gasteiger partial charge is 0.480 e. The maximum Gasteiger partial charge on any atom is 0.328 e. The van der Waals surface area contributed by atoms with E-state index in [0.29, 0.717) is 41.5 Å². The van der Waals surface area contributed by atoms with Gasteiger partial charge in [-0.1, -0.05) is 29.3 Å². The molecular formula is C21H26Cl2N4O5S. The quantitative estimate of drug-likeness (QED) is 0.310. The average molecular weight is 517 g/mol. The standard InChI is InChI=1S/C21H26Cl2N4O5S/c1-24-21(32)25-11-14(20(30)31)26-19(29)13-7-9-27(10-8-13)16(28)6-4-12-3-5-15(33-2)18(23)17(12)22/h3-6,13-14H,7-11H2,1-2H3,(H,26,29)(H,30,31)(H2,24,25,32). The lowest BCUT2D eigenvalue weighted by Gasteiger charge is -2.31. The number of halogens is 2. The van der Waals surface area contributed by atoms with Crippen LogP contribution in [0.5, 0.6) is 0 Å². The van der Waals surface area contributed by atoms with Gasteiger partial charge in [-0.05, 0) is 36.8 Å². The van der Waals surface area contributed by atoms with E-state index in [1.54, 1.807) is 17.0 Å². The van der Waals surface area contributed by atoms with Crippen LogP contribution in [0.2, 0.25) is 10.0 Å². The Bertz CT molecular complexity index is 935. The van der Waals surface area contributed by atoms with Crippen molar-refractivity contribution in [1.82, 2.24) is 20.9 Å². The van der Waals surface area contributed by atoms with Crippen LogP contribution in [0.25, 0.3) is 6.08 Å². The first kappa shape index (κ1) is 26.8. The van der Waals surface area contributed by atoms with Gasteiger partial charge in [0, 0.05) is 37.0 Å². The first-order chi connectivity index (χ1) is 15.7. The van der Waals surface area contributed by atoms with Crippen LogP contribution < -0.4 is 16.0 Å². The molecule has 0 bridgehead atoms. The molecular weight excluding hydrogens is 491 g/mol. The number of carbonyl (C=O) groups is 4. The van der Waals surface area contributed by atoms with E-state index in [0.717, 1.165) is 4.90 Å². The first-order valence-electron chi connectivity index (χ1n) is 10.2. The first-order valence-corrected chi connectivity index (χ1v) is 12.1. The number of urea groups is 1. The Morgan fingerprint density at radius 3 is 2.45 bits per heavy atom. The summed E-state index contributed by atoms with van der Waals surface area (Å²) in [7, 11) is 1.40. The van der Waals surface area contributed by atoms with Crippen molar-refractivity contribution in [3.05, 3.63) is 33.8 Å². The van der Waals surface area contributed by atoms with Crippen molar-refractivity contribution in [3.63, 3.8) is 0 Å². The number of rotatable bonds is 8. The Morgan fingerprint density at radius 2 is 1.88 bits per heavy atom. The molecule has 1 aromatic carbocycles. The van der Waals surface area contributed by atoms with Crippen molar-refractivity contribution in [2.45, 2.75) is 23.8 Å². The molecule has 1 aliphatic rings. The van der Waals surface area contributed by atoms with Gasteiger partial charge in [0.2, 0.25) is 11.8 Å². The van der Waals surface area contributed by atoms with E-state index in [2.05, 4.69) is 16.0 Å². The molecule has 1 aliphatic heterocycles. The van der Waals surface area contributed by atoms with Crippen LogP contribution in [0.15, 0.2) is 23.1 Å². The normalized spacial score (nSPS) is 15.2. The van der Waals surface area contributed by atoms with Crippen LogP contribution in [0.4, 0.5) is 4.79 Å². The molecule has 0 aromatic heterocycles. The smallest absolute Gasteiger partial charge is 0.328 e. The van der Waals surface area contributed by atoms with Crippen LogP contribution >= 0.6 is 35.0 Å². The van der Waals surface area contributed by atoms with Gasteiger partial charge in [0.05, 0.1) is 16.6 Å². The zero-order chi connectivity index (χ0) is 24.5. The molecule has 1 heterocycles. The van der Waals surface area contributed by atoms with Crippen molar-refractivity contribution in [1.29, 1.82) is 0 Å². The minimum absolute atomic E-state index is 0.215. The van der Waals surface area contributed by atoms with Gasteiger partial charge in [-0.25, -0.2) is 9.59 Å². The van der Waals surface area contributed by atoms with E-state index in [9.17, 15) is 24.3 Å². The highest BCUT2D eigenvalue weighted by atomic mass is 35.5. The molecule has 1 atom stereocenters. The molecule has 2 rings (SSSR count). The molecule has 0 radical (unpaired) electrons. The van der Waals surface area contributed by atoms with Gasteiger partial charge in [0.15, 0.2) is 0 Å². The van der Waals surface area contributed by atoms with Gasteiger partial charge in [-0.2, -0.15) is 0 Å². The SMILES string of the molecule is CNC(=O)NCC(NC(=O)C1CCN(C(=O)C=Cc2ccc(SC)c(Cl)c2Cl)CC1)C(=O)O. The summed E-state index contributed by atoms with van der Waals surface area (Å²) in [5.41, 5.74) is 0.632. The molecule has 33 heavy (non-hydrogen) atoms. The number of piperidine rings is 1. The highest BCUT2D eigenvalue weighted by molar-refractivity contribution is 7.98. The molecule has 180 valence electrons. The number of carboxylic acid groups (broad SMARTS) is 1. The van der Waals surface area contributed by atoms with Crippen molar-refractivity contribution in [3.8, 4) is 0 Å². The Hall–Kier alpha value is -2.43. The fraction of sp³-hybridized carbons (Fsp3) is 0.429. The summed E-state index contributed by atoms with van der Waals surface area (Å²) in [6, 6.07) is 1.84. The number of carboxylic acids is 1. The van der Waals surface area contributed by atoms with Crippen molar-refractivity contribution >= 4 is 64.9 Å². The Labute approximate surface area is 206 Å². The van der Waals surface area contributed by atoms with Crippen LogP contribution in [0, 0.1) is 5.92 Å². The number of hydrogen-bond donors (Lipinski definition) is 4. The zero-order valence-electron chi connectivity index (χ0n) is 18.2. The van der Waals surface area contributed by atoms with E-state index < -0.39 is 29.9 Å². The maximum atomic E-state index is 12.5. The van der Waals surface area contributed by atoms with Gasteiger partial charge in [0.1, 0.15) is 6.04 Å². The minimum atomic E-state index is -1.25. The molecule has 0 aliphatic carbocycles. The van der Waals surface area contributed by atoms with Gasteiger partial charge >= 0.3 is 12.0 Å². The number of nitrogens with zero attached hydrogens (tertiary/aromatic N) is 1. The minimum Gasteiger partial charge on any atom is -0.480 e. The summed E-state index contributed by atoms with van der Waals surface area (Å²) in [5.74, 6) is -2.30. The molecule has 9 nitrogen and oxygen atoms in total. The average Bonchev–Trinajstić information content (AvgIpc) is 2.81. The second-order valence-electron chi connectivity index (χ2n) is 7.28. The Balaban J connectivity index is 1.89. The summed E-state index contributed by atoms with van der Waals surface area (Å²) in [6.45, 7) is 0.470. The third-order valence-corrected chi connectivity index (χ3v) is 6.98. The third kappa shape index (κ3) is 7.55. The molecule has 1 fully saturated rings.